The summed E-state index contributed by atoms with van der Waals surface area (Å²) in [5, 5.41) is 2.88. The van der Waals surface area contributed by atoms with Gasteiger partial charge in [-0.05, 0) is 24.3 Å². The van der Waals surface area contributed by atoms with Crippen molar-refractivity contribution in [2.45, 2.75) is 24.5 Å². The van der Waals surface area contributed by atoms with E-state index in [1.807, 2.05) is 0 Å². The van der Waals surface area contributed by atoms with E-state index in [9.17, 15) is 18.0 Å². The molecule has 0 radical (unpaired) electrons. The summed E-state index contributed by atoms with van der Waals surface area (Å²) in [4.78, 5) is 12.7. The van der Waals surface area contributed by atoms with Crippen LogP contribution in [0.2, 0.25) is 0 Å². The largest absolute Gasteiger partial charge is 0.493 e. The van der Waals surface area contributed by atoms with Crippen molar-refractivity contribution in [3.8, 4) is 11.5 Å². The maximum atomic E-state index is 13.6. The number of rotatable bonds is 2. The molecular weight excluding hydrogens is 347 g/mol. The first-order valence-electron chi connectivity index (χ1n) is 8.41. The lowest BCUT2D eigenvalue weighted by Gasteiger charge is -2.27. The van der Waals surface area contributed by atoms with Crippen molar-refractivity contribution in [3.05, 3.63) is 58.9 Å². The topological polar surface area (TPSA) is 47.6 Å². The molecule has 0 bridgehead atoms. The van der Waals surface area contributed by atoms with Crippen molar-refractivity contribution in [1.82, 2.24) is 5.32 Å². The van der Waals surface area contributed by atoms with E-state index in [1.54, 1.807) is 6.07 Å². The number of ether oxygens (including phenoxy) is 2. The van der Waals surface area contributed by atoms with Gasteiger partial charge in [-0.1, -0.05) is 0 Å². The van der Waals surface area contributed by atoms with Gasteiger partial charge in [0.15, 0.2) is 11.6 Å². The SMILES string of the molecule is O=C(N[C@H]1CCOc2cc(F)c(F)cc21)C1C2Oc3ccc(F)cc3C21. The summed E-state index contributed by atoms with van der Waals surface area (Å²) >= 11 is 0. The molecule has 3 aliphatic rings. The zero-order valence-corrected chi connectivity index (χ0v) is 13.5. The number of carbonyl (C=O) groups excluding carboxylic acids is 1. The second kappa shape index (κ2) is 5.40. The molecule has 26 heavy (non-hydrogen) atoms. The second-order valence-corrected chi connectivity index (χ2v) is 6.82. The summed E-state index contributed by atoms with van der Waals surface area (Å²) in [5.74, 6) is -2.29. The fourth-order valence-electron chi connectivity index (χ4n) is 3.95. The summed E-state index contributed by atoms with van der Waals surface area (Å²) in [6.45, 7) is 0.297. The van der Waals surface area contributed by atoms with Crippen molar-refractivity contribution in [2.24, 2.45) is 5.92 Å². The van der Waals surface area contributed by atoms with Crippen molar-refractivity contribution < 1.29 is 27.4 Å². The Labute approximate surface area is 146 Å². The average Bonchev–Trinajstić information content (AvgIpc) is 3.21. The van der Waals surface area contributed by atoms with E-state index in [1.165, 1.54) is 12.1 Å². The molecule has 134 valence electrons. The van der Waals surface area contributed by atoms with Gasteiger partial charge in [-0.25, -0.2) is 13.2 Å². The van der Waals surface area contributed by atoms with Crippen LogP contribution in [0.5, 0.6) is 11.5 Å². The first-order chi connectivity index (χ1) is 12.5. The van der Waals surface area contributed by atoms with Crippen molar-refractivity contribution in [1.29, 1.82) is 0 Å². The smallest absolute Gasteiger partial charge is 0.228 e. The predicted molar refractivity (Wildman–Crippen MR) is 84.4 cm³/mol. The van der Waals surface area contributed by atoms with E-state index in [-0.39, 0.29) is 29.5 Å². The minimum absolute atomic E-state index is 0.162. The second-order valence-electron chi connectivity index (χ2n) is 6.82. The van der Waals surface area contributed by atoms with Gasteiger partial charge in [0.05, 0.1) is 18.6 Å². The number of hydrogen-bond donors (Lipinski definition) is 1. The van der Waals surface area contributed by atoms with Gasteiger partial charge in [0.1, 0.15) is 23.4 Å². The lowest BCUT2D eigenvalue weighted by atomic mass is 9.99. The van der Waals surface area contributed by atoms with Gasteiger partial charge in [-0.3, -0.25) is 4.79 Å². The van der Waals surface area contributed by atoms with E-state index in [2.05, 4.69) is 5.32 Å². The summed E-state index contributed by atoms with van der Waals surface area (Å²) in [5.41, 5.74) is 1.12. The molecule has 1 N–H and O–H groups in total. The maximum absolute atomic E-state index is 13.6. The Bertz CT molecular complexity index is 932. The lowest BCUT2D eigenvalue weighted by molar-refractivity contribution is -0.124. The predicted octanol–water partition coefficient (Wildman–Crippen LogP) is 3.22. The van der Waals surface area contributed by atoms with Crippen LogP contribution in [0.1, 0.15) is 29.5 Å². The normalized spacial score (nSPS) is 27.5. The molecule has 2 heterocycles. The molecule has 1 aliphatic carbocycles. The van der Waals surface area contributed by atoms with Gasteiger partial charge in [0, 0.05) is 29.5 Å². The molecule has 3 unspecified atom stereocenters. The lowest BCUT2D eigenvalue weighted by Crippen LogP contribution is -2.34. The number of fused-ring (bicyclic) bond motifs is 4. The van der Waals surface area contributed by atoms with Crippen LogP contribution in [-0.4, -0.2) is 18.6 Å². The number of amides is 1. The van der Waals surface area contributed by atoms with Crippen molar-refractivity contribution in [2.75, 3.05) is 6.61 Å². The van der Waals surface area contributed by atoms with Crippen LogP contribution in [-0.2, 0) is 4.79 Å². The minimum atomic E-state index is -0.987. The summed E-state index contributed by atoms with van der Waals surface area (Å²) in [7, 11) is 0. The first kappa shape index (κ1) is 15.5. The molecule has 2 aromatic rings. The average molecular weight is 361 g/mol. The van der Waals surface area contributed by atoms with Crippen molar-refractivity contribution >= 4 is 5.91 Å². The molecule has 1 saturated carbocycles. The standard InChI is InChI=1S/C19H14F3NO3/c20-8-1-2-14-10(5-8)16-17(18(16)26-14)19(24)23-13-3-4-25-15-7-12(22)11(21)6-9(13)15/h1-2,5-7,13,16-18H,3-4H2,(H,23,24)/t13-,16?,17?,18?/m0/s1. The summed E-state index contributed by atoms with van der Waals surface area (Å²) < 4.78 is 51.5. The van der Waals surface area contributed by atoms with Gasteiger partial charge >= 0.3 is 0 Å². The monoisotopic (exact) mass is 361 g/mol. The van der Waals surface area contributed by atoms with Crippen molar-refractivity contribution in [3.63, 3.8) is 0 Å². The molecule has 1 fully saturated rings. The number of benzene rings is 2. The number of halogens is 3. The van der Waals surface area contributed by atoms with Crippen LogP contribution >= 0.6 is 0 Å². The maximum Gasteiger partial charge on any atom is 0.228 e. The quantitative estimate of drug-likeness (QED) is 0.894. The molecule has 1 amide bonds. The molecule has 0 saturated heterocycles. The van der Waals surface area contributed by atoms with E-state index in [0.717, 1.165) is 12.1 Å². The fraction of sp³-hybridized carbons (Fsp3) is 0.316. The molecule has 4 nitrogen and oxygen atoms in total. The van der Waals surface area contributed by atoms with Gasteiger partial charge in [0.2, 0.25) is 5.91 Å². The van der Waals surface area contributed by atoms with Crippen LogP contribution < -0.4 is 14.8 Å². The highest BCUT2D eigenvalue weighted by atomic mass is 19.2. The zero-order chi connectivity index (χ0) is 18.0. The Kier molecular flexibility index (Phi) is 3.23. The molecule has 5 rings (SSSR count). The van der Waals surface area contributed by atoms with Crippen LogP contribution in [0.3, 0.4) is 0 Å². The Hall–Kier alpha value is -2.70. The first-order valence-corrected chi connectivity index (χ1v) is 8.41. The number of carbonyl (C=O) groups is 1. The highest BCUT2D eigenvalue weighted by molar-refractivity contribution is 5.86. The highest BCUT2D eigenvalue weighted by Crippen LogP contribution is 2.58. The summed E-state index contributed by atoms with van der Waals surface area (Å²) in [6, 6.07) is 5.88. The minimum Gasteiger partial charge on any atom is -0.493 e. The highest BCUT2D eigenvalue weighted by Gasteiger charge is 2.62. The van der Waals surface area contributed by atoms with E-state index in [0.29, 0.717) is 29.9 Å². The van der Waals surface area contributed by atoms with Crippen LogP contribution in [0, 0.1) is 23.4 Å². The third-order valence-electron chi connectivity index (χ3n) is 5.26. The van der Waals surface area contributed by atoms with E-state index >= 15 is 0 Å². The molecule has 7 heteroatoms. The number of nitrogens with one attached hydrogen (secondary N) is 1. The Balaban J connectivity index is 1.35. The van der Waals surface area contributed by atoms with E-state index < -0.39 is 23.6 Å². The third kappa shape index (κ3) is 2.26. The van der Waals surface area contributed by atoms with E-state index in [4.69, 9.17) is 9.47 Å². The molecule has 0 spiro atoms. The third-order valence-corrected chi connectivity index (χ3v) is 5.26. The molecule has 0 aromatic heterocycles. The number of hydrogen-bond acceptors (Lipinski definition) is 3. The molecule has 2 aromatic carbocycles. The fourth-order valence-corrected chi connectivity index (χ4v) is 3.95. The Morgan fingerprint density at radius 2 is 1.85 bits per heavy atom. The van der Waals surface area contributed by atoms with Gasteiger partial charge in [-0.2, -0.15) is 0 Å². The molecule has 2 aliphatic heterocycles. The summed E-state index contributed by atoms with van der Waals surface area (Å²) in [6.07, 6.45) is 0.161. The van der Waals surface area contributed by atoms with Crippen LogP contribution in [0.4, 0.5) is 13.2 Å². The van der Waals surface area contributed by atoms with Gasteiger partial charge in [-0.15, -0.1) is 0 Å². The van der Waals surface area contributed by atoms with Gasteiger partial charge < -0.3 is 14.8 Å². The molecular formula is C19H14F3NO3. The zero-order valence-electron chi connectivity index (χ0n) is 13.5. The van der Waals surface area contributed by atoms with Crippen LogP contribution in [0.25, 0.3) is 0 Å². The Morgan fingerprint density at radius 1 is 1.04 bits per heavy atom. The Morgan fingerprint density at radius 3 is 2.69 bits per heavy atom. The van der Waals surface area contributed by atoms with Crippen LogP contribution in [0.15, 0.2) is 30.3 Å². The molecule has 4 atom stereocenters. The van der Waals surface area contributed by atoms with Gasteiger partial charge in [0.25, 0.3) is 0 Å².